The molecule has 0 aliphatic carbocycles. The zero-order chi connectivity index (χ0) is 22.1. The Morgan fingerprint density at radius 2 is 2.06 bits per heavy atom. The van der Waals surface area contributed by atoms with Crippen LogP contribution < -0.4 is 10.5 Å². The molecule has 0 saturated carbocycles. The number of rotatable bonds is 5. The van der Waals surface area contributed by atoms with Gasteiger partial charge >= 0.3 is 0 Å². The Balaban J connectivity index is 1.29. The van der Waals surface area contributed by atoms with E-state index in [9.17, 15) is 9.59 Å². The molecule has 1 amide bonds. The largest absolute Gasteiger partial charge is 0.378 e. The lowest BCUT2D eigenvalue weighted by atomic mass is 10.1. The summed E-state index contributed by atoms with van der Waals surface area (Å²) in [6.45, 7) is 5.17. The van der Waals surface area contributed by atoms with Crippen LogP contribution in [0.1, 0.15) is 42.4 Å². The number of carbonyl (C=O) groups excluding carboxylic acids is 1. The third-order valence-electron chi connectivity index (χ3n) is 6.32. The van der Waals surface area contributed by atoms with Crippen LogP contribution in [-0.2, 0) is 16.0 Å². The minimum Gasteiger partial charge on any atom is -0.378 e. The van der Waals surface area contributed by atoms with E-state index in [1.54, 1.807) is 0 Å². The molecule has 5 heterocycles. The first-order chi connectivity index (χ1) is 15.6. The van der Waals surface area contributed by atoms with Crippen LogP contribution in [0.5, 0.6) is 0 Å². The number of nitrogens with zero attached hydrogens (tertiary/aromatic N) is 6. The Morgan fingerprint density at radius 3 is 2.88 bits per heavy atom. The lowest BCUT2D eigenvalue weighted by molar-refractivity contribution is -0.132. The topological polar surface area (TPSA) is 109 Å². The first-order valence-corrected chi connectivity index (χ1v) is 11.1. The number of carbonyl (C=O) groups is 1. The molecule has 1 atom stereocenters. The lowest BCUT2D eigenvalue weighted by Gasteiger charge is -2.27. The molecular formula is C22H27N7O3. The molecule has 2 aliphatic rings. The lowest BCUT2D eigenvalue weighted by Crippen LogP contribution is -2.38. The SMILES string of the molecule is Cc1nc(N2CCOCC2)[nH]c(=O)c1CCC(=O)N1CCCC1c1nnc2ccccn12. The van der Waals surface area contributed by atoms with E-state index < -0.39 is 0 Å². The molecule has 5 rings (SSSR count). The highest BCUT2D eigenvalue weighted by molar-refractivity contribution is 5.77. The number of ether oxygens (including phenoxy) is 1. The van der Waals surface area contributed by atoms with Crippen molar-refractivity contribution in [3.63, 3.8) is 0 Å². The van der Waals surface area contributed by atoms with Crippen molar-refractivity contribution in [2.45, 2.75) is 38.6 Å². The summed E-state index contributed by atoms with van der Waals surface area (Å²) < 4.78 is 7.31. The number of likely N-dealkylation sites (tertiary alicyclic amines) is 1. The minimum absolute atomic E-state index is 0.0243. The normalized spacial score (nSPS) is 19.1. The Hall–Kier alpha value is -3.27. The van der Waals surface area contributed by atoms with E-state index in [1.807, 2.05) is 45.5 Å². The molecular weight excluding hydrogens is 410 g/mol. The van der Waals surface area contributed by atoms with Gasteiger partial charge in [0, 0.05) is 43.5 Å². The maximum atomic E-state index is 13.1. The van der Waals surface area contributed by atoms with Gasteiger partial charge in [0.2, 0.25) is 11.9 Å². The summed E-state index contributed by atoms with van der Waals surface area (Å²) in [7, 11) is 0. The van der Waals surface area contributed by atoms with Gasteiger partial charge in [-0.3, -0.25) is 19.0 Å². The summed E-state index contributed by atoms with van der Waals surface area (Å²) in [4.78, 5) is 37.2. The monoisotopic (exact) mass is 437 g/mol. The van der Waals surface area contributed by atoms with Crippen molar-refractivity contribution < 1.29 is 9.53 Å². The van der Waals surface area contributed by atoms with Crippen LogP contribution in [0.2, 0.25) is 0 Å². The molecule has 0 radical (unpaired) electrons. The first kappa shape index (κ1) is 20.6. The average Bonchev–Trinajstić information content (AvgIpc) is 3.46. The number of hydrogen-bond donors (Lipinski definition) is 1. The Kier molecular flexibility index (Phi) is 5.60. The molecule has 2 aliphatic heterocycles. The molecule has 10 nitrogen and oxygen atoms in total. The van der Waals surface area contributed by atoms with Crippen LogP contribution in [-0.4, -0.2) is 68.2 Å². The van der Waals surface area contributed by atoms with E-state index in [0.29, 0.717) is 56.5 Å². The van der Waals surface area contributed by atoms with Crippen LogP contribution in [0.3, 0.4) is 0 Å². The molecule has 3 aromatic heterocycles. The van der Waals surface area contributed by atoms with Gasteiger partial charge < -0.3 is 14.5 Å². The molecule has 168 valence electrons. The number of nitrogens with one attached hydrogen (secondary N) is 1. The van der Waals surface area contributed by atoms with Crippen LogP contribution >= 0.6 is 0 Å². The maximum Gasteiger partial charge on any atom is 0.255 e. The summed E-state index contributed by atoms with van der Waals surface area (Å²) in [5, 5.41) is 8.58. The molecule has 0 aromatic carbocycles. The van der Waals surface area contributed by atoms with Crippen LogP contribution in [0.15, 0.2) is 29.2 Å². The second-order valence-electron chi connectivity index (χ2n) is 8.29. The highest BCUT2D eigenvalue weighted by atomic mass is 16.5. The van der Waals surface area contributed by atoms with Crippen molar-refractivity contribution in [1.29, 1.82) is 0 Å². The van der Waals surface area contributed by atoms with Gasteiger partial charge in [-0.05, 0) is 38.3 Å². The van der Waals surface area contributed by atoms with Crippen LogP contribution in [0, 0.1) is 6.92 Å². The van der Waals surface area contributed by atoms with E-state index in [1.165, 1.54) is 0 Å². The number of aryl methyl sites for hydroxylation is 1. The zero-order valence-corrected chi connectivity index (χ0v) is 18.2. The summed E-state index contributed by atoms with van der Waals surface area (Å²) >= 11 is 0. The standard InChI is InChI=1S/C22H27N7O3/c1-15-16(21(31)24-22(23-15)27-11-13-32-14-12-27)7-8-19(30)28-10-4-5-17(28)20-26-25-18-6-2-3-9-29(18)20/h2-3,6,9,17H,4-5,7-8,10-14H2,1H3,(H,23,24,31). The second kappa shape index (κ2) is 8.70. The molecule has 0 spiro atoms. The fourth-order valence-corrected chi connectivity index (χ4v) is 4.61. The Labute approximate surface area is 185 Å². The molecule has 3 aromatic rings. The predicted molar refractivity (Wildman–Crippen MR) is 118 cm³/mol. The zero-order valence-electron chi connectivity index (χ0n) is 18.2. The number of pyridine rings is 1. The highest BCUT2D eigenvalue weighted by Gasteiger charge is 2.33. The second-order valence-corrected chi connectivity index (χ2v) is 8.29. The number of amides is 1. The number of H-pyrrole nitrogens is 1. The number of morpholine rings is 1. The minimum atomic E-state index is -0.173. The molecule has 0 bridgehead atoms. The molecule has 10 heteroatoms. The Bertz CT molecular complexity index is 1180. The van der Waals surface area contributed by atoms with Gasteiger partial charge in [0.1, 0.15) is 0 Å². The quantitative estimate of drug-likeness (QED) is 0.640. The van der Waals surface area contributed by atoms with Gasteiger partial charge in [0.05, 0.1) is 19.3 Å². The fourth-order valence-electron chi connectivity index (χ4n) is 4.61. The third kappa shape index (κ3) is 3.86. The Morgan fingerprint density at radius 1 is 1.22 bits per heavy atom. The highest BCUT2D eigenvalue weighted by Crippen LogP contribution is 2.31. The third-order valence-corrected chi connectivity index (χ3v) is 6.32. The molecule has 1 unspecified atom stereocenters. The van der Waals surface area contributed by atoms with Crippen LogP contribution in [0.25, 0.3) is 5.65 Å². The average molecular weight is 438 g/mol. The first-order valence-electron chi connectivity index (χ1n) is 11.1. The molecule has 2 fully saturated rings. The van der Waals surface area contributed by atoms with Gasteiger partial charge in [-0.2, -0.15) is 0 Å². The maximum absolute atomic E-state index is 13.1. The summed E-state index contributed by atoms with van der Waals surface area (Å²) in [5.41, 5.74) is 1.84. The van der Waals surface area contributed by atoms with Crippen molar-refractivity contribution in [2.24, 2.45) is 0 Å². The number of aromatic nitrogens is 5. The fraction of sp³-hybridized carbons (Fsp3) is 0.500. The van der Waals surface area contributed by atoms with Crippen molar-refractivity contribution in [3.8, 4) is 0 Å². The van der Waals surface area contributed by atoms with E-state index in [2.05, 4.69) is 20.2 Å². The van der Waals surface area contributed by atoms with Gasteiger partial charge in [-0.25, -0.2) is 4.98 Å². The number of hydrogen-bond acceptors (Lipinski definition) is 7. The van der Waals surface area contributed by atoms with Crippen molar-refractivity contribution >= 4 is 17.5 Å². The number of anilines is 1. The van der Waals surface area contributed by atoms with E-state index in [0.717, 1.165) is 24.3 Å². The predicted octanol–water partition coefficient (Wildman–Crippen LogP) is 1.25. The summed E-state index contributed by atoms with van der Waals surface area (Å²) in [6.07, 6.45) is 4.33. The molecule has 2 saturated heterocycles. The smallest absolute Gasteiger partial charge is 0.255 e. The van der Waals surface area contributed by atoms with Gasteiger partial charge in [0.15, 0.2) is 11.5 Å². The van der Waals surface area contributed by atoms with Crippen molar-refractivity contribution in [2.75, 3.05) is 37.7 Å². The summed E-state index contributed by atoms with van der Waals surface area (Å²) in [6, 6.07) is 5.66. The van der Waals surface area contributed by atoms with Gasteiger partial charge in [0.25, 0.3) is 5.56 Å². The van der Waals surface area contributed by atoms with Gasteiger partial charge in [-0.15, -0.1) is 10.2 Å². The molecule has 32 heavy (non-hydrogen) atoms. The number of aromatic amines is 1. The van der Waals surface area contributed by atoms with Gasteiger partial charge in [-0.1, -0.05) is 6.07 Å². The van der Waals surface area contributed by atoms with E-state index >= 15 is 0 Å². The molecule has 1 N–H and O–H groups in total. The summed E-state index contributed by atoms with van der Waals surface area (Å²) in [5.74, 6) is 1.39. The number of fused-ring (bicyclic) bond motifs is 1. The van der Waals surface area contributed by atoms with E-state index in [-0.39, 0.29) is 23.9 Å². The van der Waals surface area contributed by atoms with Crippen molar-refractivity contribution in [1.82, 2.24) is 29.5 Å². The van der Waals surface area contributed by atoms with E-state index in [4.69, 9.17) is 4.74 Å². The van der Waals surface area contributed by atoms with Crippen LogP contribution in [0.4, 0.5) is 5.95 Å². The van der Waals surface area contributed by atoms with Crippen molar-refractivity contribution in [3.05, 3.63) is 51.8 Å².